The quantitative estimate of drug-likeness (QED) is 0.246. The maximum Gasteiger partial charge on any atom is 0.337 e. The molecule has 0 spiro atoms. The van der Waals surface area contributed by atoms with Gasteiger partial charge in [-0.1, -0.05) is 29.8 Å². The van der Waals surface area contributed by atoms with Gasteiger partial charge in [-0.15, -0.1) is 0 Å². The van der Waals surface area contributed by atoms with Crippen LogP contribution >= 0.6 is 11.6 Å². The van der Waals surface area contributed by atoms with Crippen LogP contribution in [0.5, 0.6) is 5.75 Å². The lowest BCUT2D eigenvalue weighted by molar-refractivity contribution is -0.0494. The predicted octanol–water partition coefficient (Wildman–Crippen LogP) is 6.00. The number of hydrogen-bond acceptors (Lipinski definition) is 6. The Morgan fingerprint density at radius 1 is 1.11 bits per heavy atom. The molecule has 0 saturated carbocycles. The van der Waals surface area contributed by atoms with E-state index in [1.807, 2.05) is 12.1 Å². The fourth-order valence-corrected chi connectivity index (χ4v) is 9.55. The van der Waals surface area contributed by atoms with Crippen molar-refractivity contribution in [2.75, 3.05) is 19.7 Å². The highest BCUT2D eigenvalue weighted by atomic mass is 35.5. The van der Waals surface area contributed by atoms with E-state index in [-0.39, 0.29) is 22.1 Å². The van der Waals surface area contributed by atoms with Crippen molar-refractivity contribution in [1.82, 2.24) is 19.4 Å². The summed E-state index contributed by atoms with van der Waals surface area (Å²) < 4.78 is 44.4. The van der Waals surface area contributed by atoms with E-state index in [1.54, 1.807) is 18.2 Å². The maximum absolute atomic E-state index is 15.3. The van der Waals surface area contributed by atoms with Crippen molar-refractivity contribution in [3.63, 3.8) is 0 Å². The molecule has 8 rings (SSSR count). The van der Waals surface area contributed by atoms with Crippen LogP contribution in [0.2, 0.25) is 10.6 Å². The van der Waals surface area contributed by atoms with E-state index in [0.29, 0.717) is 40.8 Å². The number of carbonyl (C=O) groups is 1. The number of carboxylic acid groups (broad SMARTS) is 1. The summed E-state index contributed by atoms with van der Waals surface area (Å²) in [6.45, 7) is 3.05. The van der Waals surface area contributed by atoms with Crippen LogP contribution in [0.1, 0.15) is 69.8 Å². The molecule has 12 heteroatoms. The van der Waals surface area contributed by atoms with Crippen LogP contribution in [0.4, 0.5) is 8.78 Å². The van der Waals surface area contributed by atoms with E-state index in [0.717, 1.165) is 55.9 Å². The molecule has 4 aromatic rings. The number of aromatic carboxylic acids is 1. The second kappa shape index (κ2) is 11.3. The minimum absolute atomic E-state index is 0.146. The van der Waals surface area contributed by atoms with E-state index < -0.39 is 33.2 Å². The lowest BCUT2D eigenvalue weighted by Gasteiger charge is -2.34. The van der Waals surface area contributed by atoms with Gasteiger partial charge in [0, 0.05) is 29.1 Å². The number of ether oxygens (including phenoxy) is 2. The molecule has 0 amide bonds. The van der Waals surface area contributed by atoms with E-state index in [9.17, 15) is 14.3 Å². The van der Waals surface area contributed by atoms with E-state index in [2.05, 4.69) is 14.5 Å². The first kappa shape index (κ1) is 28.8. The Balaban J connectivity index is 1.02. The number of piperidine rings is 1. The van der Waals surface area contributed by atoms with Gasteiger partial charge in [0.2, 0.25) is 0 Å². The first-order chi connectivity index (χ1) is 21.8. The smallest absolute Gasteiger partial charge is 0.337 e. The average molecular weight is 649 g/mol. The highest BCUT2D eigenvalue weighted by molar-refractivity contribution is 6.53. The van der Waals surface area contributed by atoms with Crippen LogP contribution in [0, 0.1) is 5.82 Å². The number of aromatic nitrogens is 3. The molecule has 8 nitrogen and oxygen atoms in total. The minimum Gasteiger partial charge on any atom is -0.480 e. The molecule has 2 unspecified atom stereocenters. The highest BCUT2D eigenvalue weighted by Gasteiger charge is 2.49. The monoisotopic (exact) mass is 648 g/mol. The molecular weight excluding hydrogens is 618 g/mol. The van der Waals surface area contributed by atoms with Crippen molar-refractivity contribution in [2.45, 2.75) is 55.1 Å². The average Bonchev–Trinajstić information content (AvgIpc) is 3.67. The Bertz CT molecular complexity index is 1860. The van der Waals surface area contributed by atoms with Gasteiger partial charge in [-0.3, -0.25) is 4.90 Å². The maximum atomic E-state index is 15.3. The van der Waals surface area contributed by atoms with Gasteiger partial charge in [-0.2, -0.15) is 0 Å². The van der Waals surface area contributed by atoms with E-state index in [1.165, 1.54) is 24.4 Å². The molecule has 2 aromatic heterocycles. The molecular formula is C33H31ClF2N4O4Si. The highest BCUT2D eigenvalue weighted by Crippen LogP contribution is 2.49. The topological polar surface area (TPSA) is 89.7 Å². The van der Waals surface area contributed by atoms with Gasteiger partial charge < -0.3 is 19.1 Å². The van der Waals surface area contributed by atoms with Crippen LogP contribution in [-0.2, 0) is 11.3 Å². The summed E-state index contributed by atoms with van der Waals surface area (Å²) in [5.74, 6) is -0.430. The van der Waals surface area contributed by atoms with Crippen LogP contribution in [0.15, 0.2) is 54.7 Å². The van der Waals surface area contributed by atoms with E-state index >= 15 is 4.39 Å². The SMILES string of the molecule is O=C(O)c1cnc2nc(CN3CCC(c4cccc5c4O[C@@H](c4ccc(Cl)cc4F)C=C5F)CC3)n([C@@H]3[SiH2]C3C3CCO3)c2c1. The number of pyridine rings is 1. The molecule has 1 N–H and O–H groups in total. The molecule has 3 saturated heterocycles. The van der Waals surface area contributed by atoms with E-state index in [4.69, 9.17) is 26.1 Å². The minimum atomic E-state index is -1.00. The summed E-state index contributed by atoms with van der Waals surface area (Å²) in [7, 11) is -0.420. The van der Waals surface area contributed by atoms with Crippen LogP contribution in [0.25, 0.3) is 17.0 Å². The molecule has 3 fully saturated rings. The number of imidazole rings is 1. The van der Waals surface area contributed by atoms with Crippen molar-refractivity contribution in [3.05, 3.63) is 93.7 Å². The summed E-state index contributed by atoms with van der Waals surface area (Å²) in [4.78, 5) is 23.4. The molecule has 0 aliphatic carbocycles. The second-order valence-corrected chi connectivity index (χ2v) is 15.1. The Morgan fingerprint density at radius 2 is 1.93 bits per heavy atom. The Labute approximate surface area is 265 Å². The number of hydrogen-bond donors (Lipinski definition) is 1. The standard InChI is InChI=1S/C33H31ClF2N4O4Si/c34-19-4-5-21(23(35)13-19)27-14-24(36)22-3-1-2-20(29(22)44-27)17-6-9-39(10-7-17)16-28-38-31-25(12-18(15-37-31)33(41)42)40(28)32-30(45-32)26-8-11-43-26/h1-5,12-15,17,26-27,30,32H,6-11,16,45H2,(H,41,42)/t26?,27-,30?,32-/m1/s1. The van der Waals surface area contributed by atoms with Gasteiger partial charge in [0.1, 0.15) is 29.3 Å². The largest absolute Gasteiger partial charge is 0.480 e. The lowest BCUT2D eigenvalue weighted by Crippen LogP contribution is -2.33. The fourth-order valence-electron chi connectivity index (χ4n) is 7.18. The fraction of sp³-hybridized carbons (Fsp3) is 0.364. The van der Waals surface area contributed by atoms with Crippen molar-refractivity contribution < 1.29 is 28.2 Å². The zero-order valence-electron chi connectivity index (χ0n) is 24.3. The number of para-hydroxylation sites is 1. The zero-order valence-corrected chi connectivity index (χ0v) is 26.5. The molecule has 0 radical (unpaired) electrons. The van der Waals surface area contributed by atoms with Gasteiger partial charge in [0.15, 0.2) is 5.65 Å². The number of rotatable bonds is 7. The van der Waals surface area contributed by atoms with Crippen molar-refractivity contribution in [3.8, 4) is 5.75 Å². The van der Waals surface area contributed by atoms with Gasteiger partial charge in [0.25, 0.3) is 0 Å². The molecule has 2 aromatic carbocycles. The van der Waals surface area contributed by atoms with Crippen molar-refractivity contribution in [2.24, 2.45) is 0 Å². The van der Waals surface area contributed by atoms with Gasteiger partial charge in [0.05, 0.1) is 38.8 Å². The summed E-state index contributed by atoms with van der Waals surface area (Å²) in [6, 6.07) is 11.6. The van der Waals surface area contributed by atoms with Gasteiger partial charge >= 0.3 is 5.97 Å². The van der Waals surface area contributed by atoms with Gasteiger partial charge in [-0.25, -0.2) is 23.5 Å². The first-order valence-corrected chi connectivity index (χ1v) is 17.4. The van der Waals surface area contributed by atoms with Gasteiger partial charge in [-0.05, 0) is 79.7 Å². The summed E-state index contributed by atoms with van der Waals surface area (Å²) in [5.41, 5.74) is 3.98. The number of fused-ring (bicyclic) bond motifs is 2. The third-order valence-electron chi connectivity index (χ3n) is 9.72. The second-order valence-electron chi connectivity index (χ2n) is 12.4. The number of halogens is 3. The Kier molecular flexibility index (Phi) is 7.24. The predicted molar refractivity (Wildman–Crippen MR) is 168 cm³/mol. The first-order valence-electron chi connectivity index (χ1n) is 15.4. The molecule has 6 heterocycles. The lowest BCUT2D eigenvalue weighted by atomic mass is 9.86. The van der Waals surface area contributed by atoms with Crippen molar-refractivity contribution >= 4 is 44.1 Å². The van der Waals surface area contributed by atoms with Crippen LogP contribution in [0.3, 0.4) is 0 Å². The summed E-state index contributed by atoms with van der Waals surface area (Å²) in [6.07, 6.45) is 4.87. The Morgan fingerprint density at radius 3 is 2.67 bits per heavy atom. The normalized spacial score (nSPS) is 25.4. The van der Waals surface area contributed by atoms with Crippen LogP contribution < -0.4 is 4.74 Å². The molecule has 4 aliphatic heterocycles. The number of carboxylic acids is 1. The molecule has 0 bridgehead atoms. The summed E-state index contributed by atoms with van der Waals surface area (Å²) in [5, 5.41) is 9.87. The summed E-state index contributed by atoms with van der Waals surface area (Å²) >= 11 is 5.94. The molecule has 232 valence electrons. The number of benzene rings is 2. The zero-order chi connectivity index (χ0) is 30.8. The third kappa shape index (κ3) is 5.25. The third-order valence-corrected chi connectivity index (χ3v) is 12.3. The Hall–Kier alpha value is -3.64. The number of likely N-dealkylation sites (tertiary alicyclic amines) is 1. The molecule has 4 atom stereocenters. The van der Waals surface area contributed by atoms with Crippen LogP contribution in [-0.4, -0.2) is 65.8 Å². The van der Waals surface area contributed by atoms with Crippen molar-refractivity contribution in [1.29, 1.82) is 0 Å². The molecule has 45 heavy (non-hydrogen) atoms. The molecule has 4 aliphatic rings. The number of nitrogens with zero attached hydrogens (tertiary/aromatic N) is 4.